The Morgan fingerprint density at radius 1 is 1.09 bits per heavy atom. The fourth-order valence-corrected chi connectivity index (χ4v) is 5.25. The van der Waals surface area contributed by atoms with Crippen LogP contribution in [0.3, 0.4) is 0 Å². The van der Waals surface area contributed by atoms with Crippen LogP contribution in [0.4, 0.5) is 4.79 Å². The first-order valence-electron chi connectivity index (χ1n) is 11.0. The average molecular weight is 439 g/mol. The van der Waals surface area contributed by atoms with Gasteiger partial charge < -0.3 is 14.9 Å². The second-order valence-electron chi connectivity index (χ2n) is 9.18. The maximum Gasteiger partial charge on any atom is 0.408 e. The quantitative estimate of drug-likeness (QED) is 0.685. The largest absolute Gasteiger partial charge is 0.488 e. The van der Waals surface area contributed by atoms with Crippen LogP contribution in [0.25, 0.3) is 0 Å². The SMILES string of the molecule is CN(C)C1(c2ccccc2)CC(Cc2cccc(O[C@H]3C[C@@H](C(=O)O)N(C(=O)O)C3)c2)C1. The second kappa shape index (κ2) is 8.82. The van der Waals surface area contributed by atoms with Crippen LogP contribution in [0.15, 0.2) is 54.6 Å². The minimum atomic E-state index is -1.23. The van der Waals surface area contributed by atoms with Gasteiger partial charge in [-0.3, -0.25) is 9.80 Å². The predicted octanol–water partition coefficient (Wildman–Crippen LogP) is 3.68. The lowest BCUT2D eigenvalue weighted by molar-refractivity contribution is -0.141. The number of benzene rings is 2. The number of amides is 1. The maximum absolute atomic E-state index is 11.4. The molecule has 7 nitrogen and oxygen atoms in total. The van der Waals surface area contributed by atoms with Crippen LogP contribution in [-0.4, -0.2) is 64.9 Å². The van der Waals surface area contributed by atoms with E-state index in [1.54, 1.807) is 0 Å². The number of carbonyl (C=O) groups is 2. The normalized spacial score (nSPS) is 27.2. The Bertz CT molecular complexity index is 949. The van der Waals surface area contributed by atoms with Crippen LogP contribution in [0, 0.1) is 5.92 Å². The molecule has 2 N–H and O–H groups in total. The van der Waals surface area contributed by atoms with Gasteiger partial charge >= 0.3 is 12.1 Å². The van der Waals surface area contributed by atoms with E-state index in [2.05, 4.69) is 49.3 Å². The zero-order valence-corrected chi connectivity index (χ0v) is 18.5. The Balaban J connectivity index is 1.38. The number of carboxylic acids is 1. The summed E-state index contributed by atoms with van der Waals surface area (Å²) in [5.74, 6) is 0.0865. The predicted molar refractivity (Wildman–Crippen MR) is 120 cm³/mol. The topological polar surface area (TPSA) is 90.3 Å². The minimum absolute atomic E-state index is 0.0571. The zero-order valence-electron chi connectivity index (χ0n) is 18.5. The van der Waals surface area contributed by atoms with Gasteiger partial charge in [0.1, 0.15) is 17.9 Å². The highest BCUT2D eigenvalue weighted by molar-refractivity contribution is 5.80. The van der Waals surface area contributed by atoms with Crippen molar-refractivity contribution in [3.05, 3.63) is 65.7 Å². The fourth-order valence-electron chi connectivity index (χ4n) is 5.25. The molecule has 2 aliphatic rings. The van der Waals surface area contributed by atoms with E-state index in [0.29, 0.717) is 11.7 Å². The lowest BCUT2D eigenvalue weighted by Gasteiger charge is -2.53. The van der Waals surface area contributed by atoms with Crippen LogP contribution >= 0.6 is 0 Å². The third-order valence-electron chi connectivity index (χ3n) is 6.94. The number of rotatable bonds is 7. The Morgan fingerprint density at radius 3 is 2.41 bits per heavy atom. The number of nitrogens with zero attached hydrogens (tertiary/aromatic N) is 2. The summed E-state index contributed by atoms with van der Waals surface area (Å²) in [5, 5.41) is 18.6. The Hall–Kier alpha value is -3.06. The third kappa shape index (κ3) is 4.30. The minimum Gasteiger partial charge on any atom is -0.488 e. The fraction of sp³-hybridized carbons (Fsp3) is 0.440. The molecule has 1 amide bonds. The molecule has 1 aliphatic carbocycles. The summed E-state index contributed by atoms with van der Waals surface area (Å²) in [6, 6.07) is 17.5. The number of likely N-dealkylation sites (tertiary alicyclic amines) is 1. The average Bonchev–Trinajstić information content (AvgIpc) is 3.15. The van der Waals surface area contributed by atoms with E-state index in [1.165, 1.54) is 11.1 Å². The van der Waals surface area contributed by atoms with Gasteiger partial charge in [-0.2, -0.15) is 0 Å². The van der Waals surface area contributed by atoms with Gasteiger partial charge in [0.05, 0.1) is 6.54 Å². The summed E-state index contributed by atoms with van der Waals surface area (Å²) < 4.78 is 5.98. The molecular weight excluding hydrogens is 408 g/mol. The van der Waals surface area contributed by atoms with Crippen molar-refractivity contribution >= 4 is 12.1 Å². The molecule has 7 heteroatoms. The first kappa shape index (κ1) is 22.1. The van der Waals surface area contributed by atoms with Gasteiger partial charge in [0.25, 0.3) is 0 Å². The molecule has 0 aromatic heterocycles. The van der Waals surface area contributed by atoms with Crippen LogP contribution in [0.1, 0.15) is 30.4 Å². The molecule has 1 saturated heterocycles. The lowest BCUT2D eigenvalue weighted by atomic mass is 9.62. The Labute approximate surface area is 188 Å². The van der Waals surface area contributed by atoms with Crippen molar-refractivity contribution in [2.45, 2.75) is 43.4 Å². The second-order valence-corrected chi connectivity index (χ2v) is 9.18. The molecular formula is C25H30N2O5. The highest BCUT2D eigenvalue weighted by Gasteiger charge is 2.47. The van der Waals surface area contributed by atoms with Gasteiger partial charge in [0.15, 0.2) is 0 Å². The third-order valence-corrected chi connectivity index (χ3v) is 6.94. The van der Waals surface area contributed by atoms with Crippen LogP contribution < -0.4 is 4.74 Å². The highest BCUT2D eigenvalue weighted by Crippen LogP contribution is 2.50. The smallest absolute Gasteiger partial charge is 0.408 e. The number of ether oxygens (including phenoxy) is 1. The lowest BCUT2D eigenvalue weighted by Crippen LogP contribution is -2.52. The summed E-state index contributed by atoms with van der Waals surface area (Å²) in [6.45, 7) is 0.0571. The van der Waals surface area contributed by atoms with Crippen molar-refractivity contribution in [1.29, 1.82) is 0 Å². The molecule has 0 unspecified atom stereocenters. The molecule has 1 saturated carbocycles. The summed E-state index contributed by atoms with van der Waals surface area (Å²) >= 11 is 0. The molecule has 2 aromatic rings. The van der Waals surface area contributed by atoms with Gasteiger partial charge in [-0.15, -0.1) is 0 Å². The van der Waals surface area contributed by atoms with Crippen molar-refractivity contribution < 1.29 is 24.5 Å². The molecule has 2 aromatic carbocycles. The molecule has 1 heterocycles. The molecule has 2 atom stereocenters. The molecule has 2 fully saturated rings. The van der Waals surface area contributed by atoms with Gasteiger partial charge in [-0.25, -0.2) is 9.59 Å². The van der Waals surface area contributed by atoms with Crippen molar-refractivity contribution in [2.24, 2.45) is 5.92 Å². The zero-order chi connectivity index (χ0) is 22.9. The van der Waals surface area contributed by atoms with Crippen molar-refractivity contribution in [3.63, 3.8) is 0 Å². The molecule has 1 aliphatic heterocycles. The number of carboxylic acid groups (broad SMARTS) is 2. The van der Waals surface area contributed by atoms with Gasteiger partial charge in [0, 0.05) is 12.0 Å². The van der Waals surface area contributed by atoms with Gasteiger partial charge in [-0.1, -0.05) is 42.5 Å². The van der Waals surface area contributed by atoms with Crippen LogP contribution in [0.5, 0.6) is 5.75 Å². The molecule has 0 radical (unpaired) electrons. The highest BCUT2D eigenvalue weighted by atomic mass is 16.5. The summed E-state index contributed by atoms with van der Waals surface area (Å²) in [4.78, 5) is 26.0. The first-order valence-corrected chi connectivity index (χ1v) is 11.0. The van der Waals surface area contributed by atoms with E-state index >= 15 is 0 Å². The number of hydrogen-bond acceptors (Lipinski definition) is 4. The maximum atomic E-state index is 11.4. The van der Waals surface area contributed by atoms with E-state index in [9.17, 15) is 19.8 Å². The van der Waals surface area contributed by atoms with Gasteiger partial charge in [0.2, 0.25) is 0 Å². The molecule has 170 valence electrons. The summed E-state index contributed by atoms with van der Waals surface area (Å²) in [7, 11) is 4.29. The van der Waals surface area contributed by atoms with E-state index < -0.39 is 24.2 Å². The van der Waals surface area contributed by atoms with Gasteiger partial charge in [-0.05, 0) is 62.5 Å². The monoisotopic (exact) mass is 438 g/mol. The first-order chi connectivity index (χ1) is 15.3. The van der Waals surface area contributed by atoms with Crippen molar-refractivity contribution in [3.8, 4) is 5.75 Å². The van der Waals surface area contributed by atoms with E-state index in [-0.39, 0.29) is 18.5 Å². The van der Waals surface area contributed by atoms with Crippen LogP contribution in [-0.2, 0) is 16.8 Å². The van der Waals surface area contributed by atoms with E-state index in [0.717, 1.165) is 24.2 Å². The number of aliphatic carboxylic acids is 1. The molecule has 0 spiro atoms. The van der Waals surface area contributed by atoms with E-state index in [4.69, 9.17) is 4.74 Å². The van der Waals surface area contributed by atoms with E-state index in [1.807, 2.05) is 24.3 Å². The van der Waals surface area contributed by atoms with Crippen LogP contribution in [0.2, 0.25) is 0 Å². The van der Waals surface area contributed by atoms with Crippen molar-refractivity contribution in [2.75, 3.05) is 20.6 Å². The Kier molecular flexibility index (Phi) is 6.11. The Morgan fingerprint density at radius 2 is 1.81 bits per heavy atom. The molecule has 32 heavy (non-hydrogen) atoms. The standard InChI is InChI=1S/C25H30N2O5/c1-26(2)25(19-8-4-3-5-9-19)14-18(15-25)11-17-7-6-10-20(12-17)32-21-13-22(23(28)29)27(16-21)24(30)31/h3-10,12,18,21-22H,11,13-16H2,1-2H3,(H,28,29)(H,30,31)/t18?,21-,22-,25?/m0/s1. The van der Waals surface area contributed by atoms with Crippen molar-refractivity contribution in [1.82, 2.24) is 9.80 Å². The summed E-state index contributed by atoms with van der Waals surface area (Å²) in [5.41, 5.74) is 2.61. The molecule has 0 bridgehead atoms. The number of hydrogen-bond donors (Lipinski definition) is 2. The molecule has 4 rings (SSSR count). The summed E-state index contributed by atoms with van der Waals surface area (Å²) in [6.07, 6.45) is 1.58.